The molecule has 1 aromatic carbocycles. The molecule has 0 bridgehead atoms. The van der Waals surface area contributed by atoms with Gasteiger partial charge in [-0.1, -0.05) is 0 Å². The minimum atomic E-state index is -1.45. The van der Waals surface area contributed by atoms with Crippen LogP contribution >= 0.6 is 0 Å². The average molecular weight is 679 g/mol. The molecule has 0 saturated heterocycles. The fourth-order valence-corrected chi connectivity index (χ4v) is 4.04. The van der Waals surface area contributed by atoms with E-state index in [0.717, 1.165) is 6.29 Å². The largest absolute Gasteiger partial charge is 0.491 e. The van der Waals surface area contributed by atoms with Crippen LogP contribution in [0.4, 0.5) is 0 Å². The van der Waals surface area contributed by atoms with E-state index in [2.05, 4.69) is 19.6 Å². The summed E-state index contributed by atoms with van der Waals surface area (Å²) in [5, 5.41) is 0. The van der Waals surface area contributed by atoms with Gasteiger partial charge in [0.25, 0.3) is 0 Å². The SMILES string of the molecule is C[Si](C)(C)OCCOCCOCCOCCOCCOCCOCCOCCOCCOCCOCCOc1ccc(C=O)cc1. The Labute approximate surface area is 276 Å². The monoisotopic (exact) mass is 678 g/mol. The van der Waals surface area contributed by atoms with E-state index in [1.54, 1.807) is 24.3 Å². The molecule has 1 rings (SSSR count). The number of carbonyl (C=O) groups excluding carboxylic acids is 1. The minimum absolute atomic E-state index is 0.431. The summed E-state index contributed by atoms with van der Waals surface area (Å²) in [4.78, 5) is 10.6. The predicted molar refractivity (Wildman–Crippen MR) is 175 cm³/mol. The lowest BCUT2D eigenvalue weighted by molar-refractivity contribution is -0.0270. The number of rotatable bonds is 36. The molecule has 0 aliphatic heterocycles. The van der Waals surface area contributed by atoms with Gasteiger partial charge in [-0.3, -0.25) is 4.79 Å². The van der Waals surface area contributed by atoms with Crippen molar-refractivity contribution in [2.75, 3.05) is 145 Å². The molecule has 1 aromatic rings. The molecule has 0 heterocycles. The summed E-state index contributed by atoms with van der Waals surface area (Å²) in [5.74, 6) is 0.705. The van der Waals surface area contributed by atoms with Crippen LogP contribution in [0, 0.1) is 0 Å². The van der Waals surface area contributed by atoms with Crippen molar-refractivity contribution in [2.24, 2.45) is 0 Å². The smallest absolute Gasteiger partial charge is 0.183 e. The quantitative estimate of drug-likeness (QED) is 0.0587. The first-order valence-electron chi connectivity index (χ1n) is 16.1. The van der Waals surface area contributed by atoms with Crippen molar-refractivity contribution in [3.63, 3.8) is 0 Å². The van der Waals surface area contributed by atoms with Gasteiger partial charge in [0, 0.05) is 5.56 Å². The lowest BCUT2D eigenvalue weighted by Crippen LogP contribution is -2.27. The van der Waals surface area contributed by atoms with Crippen LogP contribution in [-0.4, -0.2) is 160 Å². The van der Waals surface area contributed by atoms with Crippen molar-refractivity contribution in [3.05, 3.63) is 29.8 Å². The number of hydrogen-bond donors (Lipinski definition) is 0. The highest BCUT2D eigenvalue weighted by molar-refractivity contribution is 6.69. The van der Waals surface area contributed by atoms with E-state index in [1.807, 2.05) is 0 Å². The van der Waals surface area contributed by atoms with Crippen molar-refractivity contribution in [1.82, 2.24) is 0 Å². The van der Waals surface area contributed by atoms with Crippen LogP contribution in [0.2, 0.25) is 19.6 Å². The van der Waals surface area contributed by atoms with Gasteiger partial charge in [-0.25, -0.2) is 0 Å². The maximum absolute atomic E-state index is 10.6. The third kappa shape index (κ3) is 31.1. The molecule has 0 N–H and O–H groups in total. The van der Waals surface area contributed by atoms with Crippen LogP contribution in [0.1, 0.15) is 10.4 Å². The summed E-state index contributed by atoms with van der Waals surface area (Å²) < 4.78 is 66.0. The molecule has 0 spiro atoms. The standard InChI is InChI=1S/C32H58O13Si/c1-46(2,3)45-29-27-43-25-23-41-21-19-39-17-15-37-13-11-35-9-8-34-10-12-36-14-16-38-18-20-40-22-24-42-26-28-44-32-6-4-31(30-33)5-7-32/h4-7,30H,8-29H2,1-3H3. The normalized spacial score (nSPS) is 11.7. The van der Waals surface area contributed by atoms with Gasteiger partial charge in [0.15, 0.2) is 8.32 Å². The topological polar surface area (TPSA) is 128 Å². The van der Waals surface area contributed by atoms with E-state index in [0.29, 0.717) is 157 Å². The fraction of sp³-hybridized carbons (Fsp3) is 0.781. The summed E-state index contributed by atoms with van der Waals surface area (Å²) in [5.41, 5.74) is 0.619. The lowest BCUT2D eigenvalue weighted by atomic mass is 10.2. The van der Waals surface area contributed by atoms with Gasteiger partial charge >= 0.3 is 0 Å². The molecule has 0 fully saturated rings. The first-order valence-corrected chi connectivity index (χ1v) is 19.5. The Bertz CT molecular complexity index is 780. The van der Waals surface area contributed by atoms with E-state index < -0.39 is 8.32 Å². The molecule has 0 radical (unpaired) electrons. The molecule has 0 unspecified atom stereocenters. The molecule has 0 atom stereocenters. The third-order valence-corrected chi connectivity index (χ3v) is 6.69. The zero-order chi connectivity index (χ0) is 33.2. The van der Waals surface area contributed by atoms with Crippen LogP contribution in [0.15, 0.2) is 24.3 Å². The summed E-state index contributed by atoms with van der Waals surface area (Å²) >= 11 is 0. The summed E-state index contributed by atoms with van der Waals surface area (Å²) in [7, 11) is -1.45. The molecule has 0 aliphatic carbocycles. The highest BCUT2D eigenvalue weighted by Crippen LogP contribution is 2.10. The zero-order valence-corrected chi connectivity index (χ0v) is 29.3. The maximum atomic E-state index is 10.6. The summed E-state index contributed by atoms with van der Waals surface area (Å²) in [6.45, 7) is 17.8. The van der Waals surface area contributed by atoms with E-state index in [-0.39, 0.29) is 0 Å². The van der Waals surface area contributed by atoms with Gasteiger partial charge in [-0.2, -0.15) is 0 Å². The molecule has 0 saturated carbocycles. The van der Waals surface area contributed by atoms with Crippen molar-refractivity contribution < 1.29 is 61.3 Å². The summed E-state index contributed by atoms with van der Waals surface area (Å²) in [6, 6.07) is 6.94. The van der Waals surface area contributed by atoms with Gasteiger partial charge in [0.2, 0.25) is 0 Å². The number of aldehydes is 1. The number of hydrogen-bond acceptors (Lipinski definition) is 13. The first kappa shape index (κ1) is 42.5. The number of carbonyl (C=O) groups is 1. The second kappa shape index (κ2) is 32.0. The van der Waals surface area contributed by atoms with Gasteiger partial charge in [0.1, 0.15) is 18.6 Å². The average Bonchev–Trinajstić information content (AvgIpc) is 3.04. The molecule has 268 valence electrons. The van der Waals surface area contributed by atoms with E-state index in [1.165, 1.54) is 0 Å². The minimum Gasteiger partial charge on any atom is -0.491 e. The van der Waals surface area contributed by atoms with Crippen molar-refractivity contribution in [2.45, 2.75) is 19.6 Å². The van der Waals surface area contributed by atoms with Crippen molar-refractivity contribution >= 4 is 14.6 Å². The molecule has 0 aromatic heterocycles. The predicted octanol–water partition coefficient (Wildman–Crippen LogP) is 2.90. The fourth-order valence-electron chi connectivity index (χ4n) is 3.35. The Morgan fingerprint density at radius 1 is 0.413 bits per heavy atom. The van der Waals surface area contributed by atoms with Gasteiger partial charge in [-0.15, -0.1) is 0 Å². The van der Waals surface area contributed by atoms with Crippen LogP contribution in [0.3, 0.4) is 0 Å². The molecular weight excluding hydrogens is 620 g/mol. The zero-order valence-electron chi connectivity index (χ0n) is 28.3. The molecule has 0 aliphatic rings. The lowest BCUT2D eigenvalue weighted by Gasteiger charge is -2.16. The highest BCUT2D eigenvalue weighted by atomic mass is 28.4. The van der Waals surface area contributed by atoms with Gasteiger partial charge < -0.3 is 56.5 Å². The highest BCUT2D eigenvalue weighted by Gasteiger charge is 2.13. The Morgan fingerprint density at radius 3 is 0.935 bits per heavy atom. The molecule has 14 heteroatoms. The second-order valence-corrected chi connectivity index (χ2v) is 15.1. The van der Waals surface area contributed by atoms with Crippen LogP contribution in [0.5, 0.6) is 5.75 Å². The first-order chi connectivity index (χ1) is 22.5. The molecule has 46 heavy (non-hydrogen) atoms. The van der Waals surface area contributed by atoms with Crippen LogP contribution < -0.4 is 4.74 Å². The number of ether oxygens (including phenoxy) is 11. The Balaban J connectivity index is 1.64. The molecule has 13 nitrogen and oxygen atoms in total. The van der Waals surface area contributed by atoms with Gasteiger partial charge in [0.05, 0.1) is 139 Å². The van der Waals surface area contributed by atoms with E-state index in [4.69, 9.17) is 56.5 Å². The molecule has 0 amide bonds. The number of benzene rings is 1. The van der Waals surface area contributed by atoms with E-state index in [9.17, 15) is 4.79 Å². The second-order valence-electron chi connectivity index (χ2n) is 10.6. The van der Waals surface area contributed by atoms with Crippen molar-refractivity contribution in [1.29, 1.82) is 0 Å². The Kier molecular flexibility index (Phi) is 29.6. The maximum Gasteiger partial charge on any atom is 0.183 e. The Morgan fingerprint density at radius 2 is 0.674 bits per heavy atom. The molecular formula is C32H58O13Si. The third-order valence-electron chi connectivity index (χ3n) is 5.62. The van der Waals surface area contributed by atoms with Crippen LogP contribution in [0.25, 0.3) is 0 Å². The van der Waals surface area contributed by atoms with Crippen molar-refractivity contribution in [3.8, 4) is 5.75 Å². The van der Waals surface area contributed by atoms with Gasteiger partial charge in [-0.05, 0) is 43.9 Å². The Hall–Kier alpha value is -1.53. The van der Waals surface area contributed by atoms with E-state index >= 15 is 0 Å². The van der Waals surface area contributed by atoms with Crippen LogP contribution in [-0.2, 0) is 51.8 Å². The summed E-state index contributed by atoms with van der Waals surface area (Å²) in [6.07, 6.45) is 0.799.